The summed E-state index contributed by atoms with van der Waals surface area (Å²) in [6.07, 6.45) is 0. The van der Waals surface area contributed by atoms with E-state index >= 15 is 0 Å². The van der Waals surface area contributed by atoms with Gasteiger partial charge < -0.3 is 13.9 Å². The highest BCUT2D eigenvalue weighted by Gasteiger charge is 2.36. The SMILES string of the molecule is CC1(C)c2ccccc2N(c2ccc3oc4c(-n5c6ccccc6c6cc(C#N)ccc65)cccc4c3c2)c2ccccc21. The molecule has 0 amide bonds. The molecular formula is C40H27N3O. The van der Waals surface area contributed by atoms with E-state index in [1.54, 1.807) is 0 Å². The summed E-state index contributed by atoms with van der Waals surface area (Å²) in [7, 11) is 0. The molecule has 208 valence electrons. The van der Waals surface area contributed by atoms with E-state index in [9.17, 15) is 5.26 Å². The van der Waals surface area contributed by atoms with Crippen LogP contribution in [0.5, 0.6) is 0 Å². The van der Waals surface area contributed by atoms with Crippen LogP contribution in [0.1, 0.15) is 30.5 Å². The second kappa shape index (κ2) is 8.86. The predicted molar refractivity (Wildman–Crippen MR) is 180 cm³/mol. The van der Waals surface area contributed by atoms with Crippen molar-refractivity contribution in [1.82, 2.24) is 4.57 Å². The summed E-state index contributed by atoms with van der Waals surface area (Å²) in [5, 5.41) is 13.9. The van der Waals surface area contributed by atoms with Crippen LogP contribution in [0.4, 0.5) is 17.1 Å². The molecule has 6 aromatic carbocycles. The van der Waals surface area contributed by atoms with Crippen LogP contribution in [0.15, 0.2) is 132 Å². The van der Waals surface area contributed by atoms with Gasteiger partial charge in [-0.2, -0.15) is 5.26 Å². The van der Waals surface area contributed by atoms with Gasteiger partial charge in [-0.05, 0) is 71.8 Å². The maximum atomic E-state index is 9.59. The van der Waals surface area contributed by atoms with Crippen molar-refractivity contribution in [2.75, 3.05) is 4.90 Å². The Morgan fingerprint density at radius 1 is 0.591 bits per heavy atom. The van der Waals surface area contributed by atoms with Gasteiger partial charge in [0.05, 0.1) is 39.7 Å². The molecule has 0 saturated carbocycles. The minimum absolute atomic E-state index is 0.110. The van der Waals surface area contributed by atoms with Gasteiger partial charge in [0.15, 0.2) is 5.58 Å². The monoisotopic (exact) mass is 565 g/mol. The second-order valence-electron chi connectivity index (χ2n) is 12.1. The van der Waals surface area contributed by atoms with E-state index in [4.69, 9.17) is 4.42 Å². The summed E-state index contributed by atoms with van der Waals surface area (Å²) in [6.45, 7) is 4.62. The molecule has 1 aliphatic heterocycles. The maximum absolute atomic E-state index is 9.59. The minimum atomic E-state index is -0.110. The van der Waals surface area contributed by atoms with E-state index in [1.807, 2.05) is 24.3 Å². The fourth-order valence-electron chi connectivity index (χ4n) is 7.34. The van der Waals surface area contributed by atoms with Crippen molar-refractivity contribution in [2.45, 2.75) is 19.3 Å². The van der Waals surface area contributed by atoms with Crippen molar-refractivity contribution < 1.29 is 4.42 Å². The highest BCUT2D eigenvalue weighted by Crippen LogP contribution is 2.52. The first-order valence-corrected chi connectivity index (χ1v) is 14.9. The maximum Gasteiger partial charge on any atom is 0.159 e. The lowest BCUT2D eigenvalue weighted by Crippen LogP contribution is -2.30. The molecule has 1 aliphatic rings. The summed E-state index contributed by atoms with van der Waals surface area (Å²) in [6, 6.07) is 47.0. The molecule has 2 aromatic heterocycles. The molecule has 3 heterocycles. The lowest BCUT2D eigenvalue weighted by Gasteiger charge is -2.42. The fraction of sp³-hybridized carbons (Fsp3) is 0.0750. The molecular weight excluding hydrogens is 538 g/mol. The lowest BCUT2D eigenvalue weighted by atomic mass is 9.73. The molecule has 44 heavy (non-hydrogen) atoms. The Morgan fingerprint density at radius 3 is 2.02 bits per heavy atom. The van der Waals surface area contributed by atoms with Crippen LogP contribution in [0.2, 0.25) is 0 Å². The Morgan fingerprint density at radius 2 is 1.25 bits per heavy atom. The molecule has 0 bridgehead atoms. The zero-order valence-corrected chi connectivity index (χ0v) is 24.4. The van der Waals surface area contributed by atoms with Gasteiger partial charge in [-0.15, -0.1) is 0 Å². The quantitative estimate of drug-likeness (QED) is 0.209. The number of furan rings is 1. The first-order valence-electron chi connectivity index (χ1n) is 14.9. The number of anilines is 3. The van der Waals surface area contributed by atoms with E-state index in [-0.39, 0.29) is 5.41 Å². The van der Waals surface area contributed by atoms with Crippen LogP contribution in [0, 0.1) is 11.3 Å². The Kier molecular flexibility index (Phi) is 4.99. The molecule has 9 rings (SSSR count). The van der Waals surface area contributed by atoms with Crippen LogP contribution in [-0.2, 0) is 5.41 Å². The van der Waals surface area contributed by atoms with Crippen molar-refractivity contribution in [3.8, 4) is 11.8 Å². The number of rotatable bonds is 2. The van der Waals surface area contributed by atoms with Crippen LogP contribution in [0.25, 0.3) is 49.4 Å². The smallest absolute Gasteiger partial charge is 0.159 e. The lowest BCUT2D eigenvalue weighted by molar-refractivity contribution is 0.632. The van der Waals surface area contributed by atoms with Crippen molar-refractivity contribution in [3.63, 3.8) is 0 Å². The predicted octanol–water partition coefficient (Wildman–Crippen LogP) is 10.7. The van der Waals surface area contributed by atoms with Gasteiger partial charge in [0.25, 0.3) is 0 Å². The molecule has 0 N–H and O–H groups in total. The van der Waals surface area contributed by atoms with Gasteiger partial charge >= 0.3 is 0 Å². The molecule has 0 spiro atoms. The first kappa shape index (κ1) is 24.8. The van der Waals surface area contributed by atoms with Gasteiger partial charge in [-0.25, -0.2) is 0 Å². The second-order valence-corrected chi connectivity index (χ2v) is 12.1. The summed E-state index contributed by atoms with van der Waals surface area (Å²) < 4.78 is 8.93. The average Bonchev–Trinajstić information content (AvgIpc) is 3.60. The number of nitrogens with zero attached hydrogens (tertiary/aromatic N) is 3. The topological polar surface area (TPSA) is 45.1 Å². The molecule has 0 aliphatic carbocycles. The highest BCUT2D eigenvalue weighted by molar-refractivity contribution is 6.13. The first-order chi connectivity index (χ1) is 21.5. The molecule has 4 heteroatoms. The number of hydrogen-bond acceptors (Lipinski definition) is 3. The number of benzene rings is 6. The molecule has 0 radical (unpaired) electrons. The van der Waals surface area contributed by atoms with Gasteiger partial charge in [-0.1, -0.05) is 80.6 Å². The van der Waals surface area contributed by atoms with Gasteiger partial charge in [0.1, 0.15) is 5.58 Å². The zero-order chi connectivity index (χ0) is 29.6. The molecule has 0 saturated heterocycles. The normalized spacial score (nSPS) is 13.8. The summed E-state index contributed by atoms with van der Waals surface area (Å²) in [5.41, 5.74) is 11.5. The van der Waals surface area contributed by atoms with Gasteiger partial charge in [-0.3, -0.25) is 0 Å². The van der Waals surface area contributed by atoms with Crippen molar-refractivity contribution in [3.05, 3.63) is 144 Å². The standard InChI is InChI=1S/C40H27N3O/c1-40(2)31-12-4-7-15-35(31)42(36-16-8-5-13-32(36)40)26-19-21-38-30(23-26)28-11-9-17-37(39(28)44-38)43-33-14-6-3-10-27(33)29-22-25(24-41)18-20-34(29)43/h3-23H,1-2H3. The number of aromatic nitrogens is 1. The molecule has 4 nitrogen and oxygen atoms in total. The number of hydrogen-bond donors (Lipinski definition) is 0. The van der Waals surface area contributed by atoms with Gasteiger partial charge in [0.2, 0.25) is 0 Å². The van der Waals surface area contributed by atoms with Gasteiger partial charge in [0, 0.05) is 32.6 Å². The van der Waals surface area contributed by atoms with E-state index in [2.05, 4.69) is 133 Å². The highest BCUT2D eigenvalue weighted by atomic mass is 16.3. The zero-order valence-electron chi connectivity index (χ0n) is 24.4. The third kappa shape index (κ3) is 3.27. The Bertz CT molecular complexity index is 2460. The Balaban J connectivity index is 1.29. The van der Waals surface area contributed by atoms with E-state index in [0.717, 1.165) is 55.1 Å². The number of nitriles is 1. The van der Waals surface area contributed by atoms with Crippen LogP contribution < -0.4 is 4.90 Å². The van der Waals surface area contributed by atoms with E-state index < -0.39 is 0 Å². The van der Waals surface area contributed by atoms with E-state index in [0.29, 0.717) is 5.56 Å². The van der Waals surface area contributed by atoms with Crippen molar-refractivity contribution in [1.29, 1.82) is 5.26 Å². The summed E-state index contributed by atoms with van der Waals surface area (Å²) in [5.74, 6) is 0. The Labute approximate surface area is 254 Å². The number of fused-ring (bicyclic) bond motifs is 8. The molecule has 0 unspecified atom stereocenters. The largest absolute Gasteiger partial charge is 0.454 e. The molecule has 0 fully saturated rings. The third-order valence-electron chi connectivity index (χ3n) is 9.40. The third-order valence-corrected chi connectivity index (χ3v) is 9.40. The van der Waals surface area contributed by atoms with Crippen LogP contribution in [-0.4, -0.2) is 4.57 Å². The van der Waals surface area contributed by atoms with Crippen LogP contribution >= 0.6 is 0 Å². The minimum Gasteiger partial charge on any atom is -0.454 e. The summed E-state index contributed by atoms with van der Waals surface area (Å²) >= 11 is 0. The fourth-order valence-corrected chi connectivity index (χ4v) is 7.34. The Hall–Kier alpha value is -5.79. The summed E-state index contributed by atoms with van der Waals surface area (Å²) in [4.78, 5) is 2.39. The number of para-hydroxylation sites is 4. The average molecular weight is 566 g/mol. The van der Waals surface area contributed by atoms with E-state index in [1.165, 1.54) is 22.5 Å². The van der Waals surface area contributed by atoms with Crippen molar-refractivity contribution >= 4 is 60.8 Å². The van der Waals surface area contributed by atoms with Crippen LogP contribution in [0.3, 0.4) is 0 Å². The molecule has 8 aromatic rings. The van der Waals surface area contributed by atoms with Crippen molar-refractivity contribution in [2.24, 2.45) is 0 Å². The molecule has 0 atom stereocenters.